The number of methoxy groups -OCH3 is 1. The molecule has 1 aliphatic rings. The van der Waals surface area contributed by atoms with Gasteiger partial charge in [0.25, 0.3) is 0 Å². The van der Waals surface area contributed by atoms with Crippen LogP contribution < -0.4 is 10.0 Å². The van der Waals surface area contributed by atoms with E-state index in [0.29, 0.717) is 6.61 Å². The fourth-order valence-electron chi connectivity index (χ4n) is 1.79. The van der Waals surface area contributed by atoms with Crippen LogP contribution in [0.25, 0.3) is 0 Å². The molecule has 112 valence electrons. The van der Waals surface area contributed by atoms with Gasteiger partial charge < -0.3 is 14.8 Å². The molecule has 7 nitrogen and oxygen atoms in total. The van der Waals surface area contributed by atoms with Gasteiger partial charge >= 0.3 is 5.97 Å². The molecule has 0 amide bonds. The van der Waals surface area contributed by atoms with Crippen molar-refractivity contribution in [3.63, 3.8) is 0 Å². The molecule has 1 saturated heterocycles. The Morgan fingerprint density at radius 2 is 2.05 bits per heavy atom. The summed E-state index contributed by atoms with van der Waals surface area (Å²) < 4.78 is 35.7. The minimum absolute atomic E-state index is 0.160. The first-order chi connectivity index (χ1) is 8.97. The van der Waals surface area contributed by atoms with Crippen molar-refractivity contribution in [2.75, 3.05) is 33.4 Å². The Bertz CT molecular complexity index is 379. The van der Waals surface area contributed by atoms with E-state index >= 15 is 0 Å². The number of ether oxygens (including phenoxy) is 2. The van der Waals surface area contributed by atoms with E-state index in [9.17, 15) is 13.2 Å². The highest BCUT2D eigenvalue weighted by molar-refractivity contribution is 7.90. The van der Waals surface area contributed by atoms with Crippen LogP contribution in [0, 0.1) is 0 Å². The molecule has 0 saturated carbocycles. The van der Waals surface area contributed by atoms with Crippen LogP contribution in [0.4, 0.5) is 0 Å². The average Bonchev–Trinajstić information content (AvgIpc) is 2.43. The van der Waals surface area contributed by atoms with Crippen molar-refractivity contribution in [1.29, 1.82) is 0 Å². The van der Waals surface area contributed by atoms with Gasteiger partial charge in [-0.25, -0.2) is 13.1 Å². The molecule has 0 aromatic rings. The maximum Gasteiger partial charge on any atom is 0.325 e. The number of esters is 1. The highest BCUT2D eigenvalue weighted by Gasteiger charge is 2.28. The molecule has 8 heteroatoms. The number of hydrogen-bond donors (Lipinski definition) is 2. The summed E-state index contributed by atoms with van der Waals surface area (Å²) in [5.41, 5.74) is 0. The van der Waals surface area contributed by atoms with Gasteiger partial charge in [0.05, 0.1) is 19.8 Å². The molecule has 0 aromatic carbocycles. The van der Waals surface area contributed by atoms with E-state index < -0.39 is 21.2 Å². The normalized spacial score (nSPS) is 19.1. The van der Waals surface area contributed by atoms with Crippen molar-refractivity contribution < 1.29 is 22.7 Å². The third-order valence-electron chi connectivity index (χ3n) is 3.04. The number of rotatable bonds is 7. The fraction of sp³-hybridized carbons (Fsp3) is 0.909. The summed E-state index contributed by atoms with van der Waals surface area (Å²) >= 11 is 0. The van der Waals surface area contributed by atoms with Gasteiger partial charge in [-0.05, 0) is 32.9 Å². The highest BCUT2D eigenvalue weighted by atomic mass is 32.2. The zero-order chi connectivity index (χ0) is 14.3. The predicted octanol–water partition coefficient (Wildman–Crippen LogP) is -0.764. The van der Waals surface area contributed by atoms with Crippen LogP contribution >= 0.6 is 0 Å². The fourth-order valence-corrected chi connectivity index (χ4v) is 2.76. The van der Waals surface area contributed by atoms with E-state index in [2.05, 4.69) is 14.8 Å². The summed E-state index contributed by atoms with van der Waals surface area (Å²) in [6.45, 7) is 3.61. The smallest absolute Gasteiger partial charge is 0.325 e. The van der Waals surface area contributed by atoms with E-state index in [4.69, 9.17) is 4.74 Å². The lowest BCUT2D eigenvalue weighted by Gasteiger charge is -2.23. The monoisotopic (exact) mass is 294 g/mol. The highest BCUT2D eigenvalue weighted by Crippen LogP contribution is 2.06. The number of hydrogen-bond acceptors (Lipinski definition) is 6. The van der Waals surface area contributed by atoms with E-state index in [1.807, 2.05) is 0 Å². The Balaban J connectivity index is 2.25. The summed E-state index contributed by atoms with van der Waals surface area (Å²) in [4.78, 5) is 11.2. The second-order valence-electron chi connectivity index (χ2n) is 4.42. The third-order valence-corrected chi connectivity index (χ3v) is 4.77. The maximum atomic E-state index is 11.7. The Kier molecular flexibility index (Phi) is 6.70. The molecule has 0 aliphatic carbocycles. The lowest BCUT2D eigenvalue weighted by Crippen LogP contribution is -2.40. The number of sulfonamides is 1. The Morgan fingerprint density at radius 3 is 2.63 bits per heavy atom. The second-order valence-corrected chi connectivity index (χ2v) is 6.51. The lowest BCUT2D eigenvalue weighted by atomic mass is 10.1. The maximum absolute atomic E-state index is 11.7. The molecule has 0 bridgehead atoms. The molecule has 1 heterocycles. The van der Waals surface area contributed by atoms with Gasteiger partial charge in [0.1, 0.15) is 0 Å². The SMILES string of the molecule is COC(=O)C(C)S(=O)(=O)NCCOC1CCNCC1. The first kappa shape index (κ1) is 16.4. The van der Waals surface area contributed by atoms with Crippen LogP contribution in [0.3, 0.4) is 0 Å². The minimum Gasteiger partial charge on any atom is -0.468 e. The Hall–Kier alpha value is -0.700. The third kappa shape index (κ3) is 5.43. The molecule has 0 aromatic heterocycles. The lowest BCUT2D eigenvalue weighted by molar-refractivity contribution is -0.139. The molecule has 0 spiro atoms. The summed E-state index contributed by atoms with van der Waals surface area (Å²) in [5.74, 6) is -0.772. The van der Waals surface area contributed by atoms with Gasteiger partial charge in [-0.1, -0.05) is 0 Å². The van der Waals surface area contributed by atoms with E-state index in [-0.39, 0.29) is 12.6 Å². The van der Waals surface area contributed by atoms with Crippen LogP contribution in [0.2, 0.25) is 0 Å². The van der Waals surface area contributed by atoms with Crippen LogP contribution in [0.15, 0.2) is 0 Å². The minimum atomic E-state index is -3.69. The van der Waals surface area contributed by atoms with Crippen molar-refractivity contribution in [3.05, 3.63) is 0 Å². The van der Waals surface area contributed by atoms with Crippen molar-refractivity contribution in [2.24, 2.45) is 0 Å². The van der Waals surface area contributed by atoms with Gasteiger partial charge in [-0.15, -0.1) is 0 Å². The number of carbonyl (C=O) groups is 1. The Morgan fingerprint density at radius 1 is 1.42 bits per heavy atom. The van der Waals surface area contributed by atoms with Gasteiger partial charge in [-0.2, -0.15) is 0 Å². The number of piperidine rings is 1. The van der Waals surface area contributed by atoms with Gasteiger partial charge in [0.2, 0.25) is 10.0 Å². The summed E-state index contributed by atoms with van der Waals surface area (Å²) in [7, 11) is -2.53. The van der Waals surface area contributed by atoms with Crippen molar-refractivity contribution >= 4 is 16.0 Å². The van der Waals surface area contributed by atoms with Crippen LogP contribution in [-0.4, -0.2) is 59.1 Å². The van der Waals surface area contributed by atoms with Gasteiger partial charge in [-0.3, -0.25) is 4.79 Å². The molecule has 1 aliphatic heterocycles. The largest absolute Gasteiger partial charge is 0.468 e. The zero-order valence-electron chi connectivity index (χ0n) is 11.3. The first-order valence-electron chi connectivity index (χ1n) is 6.36. The standard InChI is InChI=1S/C11H22N2O5S/c1-9(11(14)17-2)19(15,16)13-7-8-18-10-3-5-12-6-4-10/h9-10,12-13H,3-8H2,1-2H3. The predicted molar refractivity (Wildman–Crippen MR) is 70.2 cm³/mol. The van der Waals surface area contributed by atoms with Crippen LogP contribution in [0.5, 0.6) is 0 Å². The van der Waals surface area contributed by atoms with Crippen molar-refractivity contribution in [1.82, 2.24) is 10.0 Å². The summed E-state index contributed by atoms with van der Waals surface area (Å²) in [6, 6.07) is 0. The molecule has 0 radical (unpaired) electrons. The molecule has 1 unspecified atom stereocenters. The van der Waals surface area contributed by atoms with E-state index in [1.165, 1.54) is 6.92 Å². The van der Waals surface area contributed by atoms with Gasteiger partial charge in [0, 0.05) is 6.54 Å². The molecule has 1 rings (SSSR count). The quantitative estimate of drug-likeness (QED) is 0.473. The first-order valence-corrected chi connectivity index (χ1v) is 7.90. The van der Waals surface area contributed by atoms with Crippen LogP contribution in [-0.2, 0) is 24.3 Å². The van der Waals surface area contributed by atoms with Crippen molar-refractivity contribution in [3.8, 4) is 0 Å². The average molecular weight is 294 g/mol. The molecule has 1 fully saturated rings. The molecule has 19 heavy (non-hydrogen) atoms. The Labute approximate surface area is 114 Å². The molecular formula is C11H22N2O5S. The van der Waals surface area contributed by atoms with E-state index in [1.54, 1.807) is 0 Å². The number of nitrogens with one attached hydrogen (secondary N) is 2. The van der Waals surface area contributed by atoms with Crippen LogP contribution in [0.1, 0.15) is 19.8 Å². The summed E-state index contributed by atoms with van der Waals surface area (Å²) in [6.07, 6.45) is 2.06. The summed E-state index contributed by atoms with van der Waals surface area (Å²) in [5, 5.41) is 2.01. The number of carbonyl (C=O) groups excluding carboxylic acids is 1. The molecular weight excluding hydrogens is 272 g/mol. The van der Waals surface area contributed by atoms with Gasteiger partial charge in [0.15, 0.2) is 5.25 Å². The molecule has 1 atom stereocenters. The molecule has 2 N–H and O–H groups in total. The second kappa shape index (κ2) is 7.78. The zero-order valence-corrected chi connectivity index (χ0v) is 12.2. The van der Waals surface area contributed by atoms with E-state index in [0.717, 1.165) is 33.0 Å². The van der Waals surface area contributed by atoms with Crippen molar-refractivity contribution in [2.45, 2.75) is 31.1 Å². The topological polar surface area (TPSA) is 93.7 Å².